The molecule has 0 saturated carbocycles. The van der Waals surface area contributed by atoms with Crippen LogP contribution in [0.3, 0.4) is 0 Å². The number of phenols is 1. The molecule has 0 aliphatic carbocycles. The lowest BCUT2D eigenvalue weighted by atomic mass is 10.1. The molecule has 1 aromatic carbocycles. The molecule has 1 saturated heterocycles. The van der Waals surface area contributed by atoms with Crippen molar-refractivity contribution in [1.82, 2.24) is 10.2 Å². The highest BCUT2D eigenvalue weighted by Gasteiger charge is 2.27. The molecule has 1 aromatic rings. The van der Waals surface area contributed by atoms with E-state index in [1.54, 1.807) is 24.0 Å². The molecule has 1 atom stereocenters. The predicted molar refractivity (Wildman–Crippen MR) is 71.0 cm³/mol. The predicted octanol–water partition coefficient (Wildman–Crippen LogP) is 1.05. The van der Waals surface area contributed by atoms with Crippen LogP contribution >= 0.6 is 0 Å². The highest BCUT2D eigenvalue weighted by molar-refractivity contribution is 5.94. The van der Waals surface area contributed by atoms with Gasteiger partial charge in [-0.3, -0.25) is 9.59 Å². The number of amides is 2. The number of carbonyl (C=O) groups excluding carboxylic acids is 2. The lowest BCUT2D eigenvalue weighted by Gasteiger charge is -2.17. The van der Waals surface area contributed by atoms with Crippen molar-refractivity contribution in [2.75, 3.05) is 13.1 Å². The maximum atomic E-state index is 12.3. The molecule has 1 aliphatic heterocycles. The number of benzene rings is 1. The van der Waals surface area contributed by atoms with Gasteiger partial charge in [0.25, 0.3) is 5.91 Å². The number of aryl methyl sites for hydroxylation is 1. The first-order valence-electron chi connectivity index (χ1n) is 6.33. The van der Waals surface area contributed by atoms with E-state index in [9.17, 15) is 14.7 Å². The first-order chi connectivity index (χ1) is 8.97. The van der Waals surface area contributed by atoms with Crippen LogP contribution in [0.4, 0.5) is 0 Å². The average Bonchev–Trinajstić information content (AvgIpc) is 2.79. The van der Waals surface area contributed by atoms with Crippen LogP contribution in [0.25, 0.3) is 0 Å². The number of likely N-dealkylation sites (tertiary alicyclic amines) is 1. The van der Waals surface area contributed by atoms with Gasteiger partial charge in [0.05, 0.1) is 0 Å². The number of hydrogen-bond donors (Lipinski definition) is 2. The van der Waals surface area contributed by atoms with Crippen LogP contribution in [0.5, 0.6) is 5.75 Å². The van der Waals surface area contributed by atoms with E-state index >= 15 is 0 Å². The number of hydrogen-bond acceptors (Lipinski definition) is 3. The molecule has 5 nitrogen and oxygen atoms in total. The second-order valence-electron chi connectivity index (χ2n) is 4.94. The quantitative estimate of drug-likeness (QED) is 0.837. The summed E-state index contributed by atoms with van der Waals surface area (Å²) in [5.41, 5.74) is 1.25. The smallest absolute Gasteiger partial charge is 0.253 e. The van der Waals surface area contributed by atoms with E-state index in [1.165, 1.54) is 13.0 Å². The molecular weight excluding hydrogens is 244 g/mol. The number of phenolic OH excluding ortho intramolecular Hbond substituents is 1. The Labute approximate surface area is 112 Å². The number of aromatic hydroxyl groups is 1. The summed E-state index contributed by atoms with van der Waals surface area (Å²) < 4.78 is 0. The second kappa shape index (κ2) is 5.30. The van der Waals surface area contributed by atoms with Gasteiger partial charge < -0.3 is 15.3 Å². The molecule has 2 amide bonds. The molecule has 1 aliphatic rings. The summed E-state index contributed by atoms with van der Waals surface area (Å²) in [6, 6.07) is 4.88. The maximum Gasteiger partial charge on any atom is 0.253 e. The van der Waals surface area contributed by atoms with Crippen LogP contribution in [0, 0.1) is 6.92 Å². The minimum absolute atomic E-state index is 0.0414. The molecule has 2 rings (SSSR count). The van der Waals surface area contributed by atoms with Gasteiger partial charge in [0.1, 0.15) is 5.75 Å². The van der Waals surface area contributed by atoms with Gasteiger partial charge in [-0.05, 0) is 37.1 Å². The van der Waals surface area contributed by atoms with Gasteiger partial charge in [0.2, 0.25) is 5.91 Å². The molecule has 0 radical (unpaired) electrons. The Kier molecular flexibility index (Phi) is 3.74. The molecule has 1 fully saturated rings. The van der Waals surface area contributed by atoms with E-state index in [-0.39, 0.29) is 23.6 Å². The Bertz CT molecular complexity index is 513. The molecule has 1 heterocycles. The lowest BCUT2D eigenvalue weighted by Crippen LogP contribution is -2.37. The summed E-state index contributed by atoms with van der Waals surface area (Å²) in [7, 11) is 0. The Morgan fingerprint density at radius 2 is 2.16 bits per heavy atom. The molecule has 102 valence electrons. The van der Waals surface area contributed by atoms with Crippen LogP contribution in [0.2, 0.25) is 0 Å². The number of nitrogens with zero attached hydrogens (tertiary/aromatic N) is 1. The zero-order chi connectivity index (χ0) is 14.0. The van der Waals surface area contributed by atoms with E-state index in [1.807, 2.05) is 0 Å². The fourth-order valence-electron chi connectivity index (χ4n) is 2.32. The molecule has 1 unspecified atom stereocenters. The highest BCUT2D eigenvalue weighted by Crippen LogP contribution is 2.20. The second-order valence-corrected chi connectivity index (χ2v) is 4.94. The van der Waals surface area contributed by atoms with Crippen LogP contribution in [-0.2, 0) is 4.79 Å². The number of carbonyl (C=O) groups is 2. The van der Waals surface area contributed by atoms with Crippen molar-refractivity contribution in [1.29, 1.82) is 0 Å². The minimum atomic E-state index is -0.0697. The number of rotatable bonds is 2. The van der Waals surface area contributed by atoms with Crippen LogP contribution in [-0.4, -0.2) is 41.0 Å². The summed E-state index contributed by atoms with van der Waals surface area (Å²) in [6.07, 6.45) is 0.780. The maximum absolute atomic E-state index is 12.3. The molecule has 2 N–H and O–H groups in total. The average molecular weight is 262 g/mol. The Balaban J connectivity index is 2.04. The first kappa shape index (κ1) is 13.4. The summed E-state index contributed by atoms with van der Waals surface area (Å²) in [5.74, 6) is 0.0600. The summed E-state index contributed by atoms with van der Waals surface area (Å²) >= 11 is 0. The molecule has 5 heteroatoms. The van der Waals surface area contributed by atoms with Crippen molar-refractivity contribution in [3.05, 3.63) is 29.3 Å². The Morgan fingerprint density at radius 3 is 2.79 bits per heavy atom. The van der Waals surface area contributed by atoms with Crippen molar-refractivity contribution >= 4 is 11.8 Å². The third kappa shape index (κ3) is 3.05. The Hall–Kier alpha value is -2.04. The van der Waals surface area contributed by atoms with Crippen LogP contribution < -0.4 is 5.32 Å². The first-order valence-corrected chi connectivity index (χ1v) is 6.33. The number of nitrogens with one attached hydrogen (secondary N) is 1. The normalized spacial score (nSPS) is 18.4. The monoisotopic (exact) mass is 262 g/mol. The molecule has 19 heavy (non-hydrogen) atoms. The van der Waals surface area contributed by atoms with E-state index < -0.39 is 0 Å². The van der Waals surface area contributed by atoms with E-state index in [4.69, 9.17) is 0 Å². The van der Waals surface area contributed by atoms with Crippen molar-refractivity contribution in [2.24, 2.45) is 0 Å². The standard InChI is InChI=1S/C14H18N2O3/c1-9-7-11(3-4-13(9)18)14(19)16-6-5-12(8-16)15-10(2)17/h3-4,7,12,18H,5-6,8H2,1-2H3,(H,15,17). The molecule has 0 bridgehead atoms. The summed E-state index contributed by atoms with van der Waals surface area (Å²) in [5, 5.41) is 12.3. The van der Waals surface area contributed by atoms with E-state index in [2.05, 4.69) is 5.32 Å². The molecule has 0 spiro atoms. The largest absolute Gasteiger partial charge is 0.508 e. The van der Waals surface area contributed by atoms with Crippen molar-refractivity contribution in [3.63, 3.8) is 0 Å². The van der Waals surface area contributed by atoms with E-state index in [0.717, 1.165) is 6.42 Å². The topological polar surface area (TPSA) is 69.6 Å². The van der Waals surface area contributed by atoms with Crippen molar-refractivity contribution < 1.29 is 14.7 Å². The zero-order valence-corrected chi connectivity index (χ0v) is 11.1. The van der Waals surface area contributed by atoms with Crippen molar-refractivity contribution in [3.8, 4) is 5.75 Å². The van der Waals surface area contributed by atoms with Crippen molar-refractivity contribution in [2.45, 2.75) is 26.3 Å². The van der Waals surface area contributed by atoms with E-state index in [0.29, 0.717) is 24.2 Å². The lowest BCUT2D eigenvalue weighted by molar-refractivity contribution is -0.119. The SMILES string of the molecule is CC(=O)NC1CCN(C(=O)c2ccc(O)c(C)c2)C1. The van der Waals surface area contributed by atoms with Gasteiger partial charge in [0.15, 0.2) is 0 Å². The highest BCUT2D eigenvalue weighted by atomic mass is 16.3. The van der Waals surface area contributed by atoms with Crippen LogP contribution in [0.15, 0.2) is 18.2 Å². The van der Waals surface area contributed by atoms with Gasteiger partial charge in [-0.2, -0.15) is 0 Å². The van der Waals surface area contributed by atoms with Gasteiger partial charge >= 0.3 is 0 Å². The van der Waals surface area contributed by atoms with Crippen LogP contribution in [0.1, 0.15) is 29.3 Å². The molecular formula is C14H18N2O3. The fourth-order valence-corrected chi connectivity index (χ4v) is 2.32. The third-order valence-corrected chi connectivity index (χ3v) is 3.33. The molecule has 0 aromatic heterocycles. The summed E-state index contributed by atoms with van der Waals surface area (Å²) in [4.78, 5) is 25.0. The minimum Gasteiger partial charge on any atom is -0.508 e. The zero-order valence-electron chi connectivity index (χ0n) is 11.1. The van der Waals surface area contributed by atoms with Gasteiger partial charge in [0, 0.05) is 31.6 Å². The Morgan fingerprint density at radius 1 is 1.42 bits per heavy atom. The summed E-state index contributed by atoms with van der Waals surface area (Å²) in [6.45, 7) is 4.42. The van der Waals surface area contributed by atoms with Gasteiger partial charge in [-0.1, -0.05) is 0 Å². The fraction of sp³-hybridized carbons (Fsp3) is 0.429. The van der Waals surface area contributed by atoms with Gasteiger partial charge in [-0.25, -0.2) is 0 Å². The third-order valence-electron chi connectivity index (χ3n) is 3.33. The van der Waals surface area contributed by atoms with Gasteiger partial charge in [-0.15, -0.1) is 0 Å².